The van der Waals surface area contributed by atoms with Gasteiger partial charge in [-0.3, -0.25) is 4.79 Å². The Morgan fingerprint density at radius 2 is 1.83 bits per heavy atom. The van der Waals surface area contributed by atoms with Crippen molar-refractivity contribution in [2.45, 2.75) is 31.7 Å². The molecule has 12 heavy (non-hydrogen) atoms. The lowest BCUT2D eigenvalue weighted by Gasteiger charge is -2.16. The zero-order valence-electron chi connectivity index (χ0n) is 7.12. The minimum atomic E-state index is 0.0992. The van der Waals surface area contributed by atoms with Gasteiger partial charge in [0.2, 0.25) is 5.91 Å². The highest BCUT2D eigenvalue weighted by molar-refractivity contribution is 7.81. The van der Waals surface area contributed by atoms with Crippen molar-refractivity contribution in [1.82, 2.24) is 5.32 Å². The highest BCUT2D eigenvalue weighted by Crippen LogP contribution is 2.44. The number of carbonyl (C=O) groups is 1. The highest BCUT2D eigenvalue weighted by atomic mass is 32.1. The average Bonchev–Trinajstić information content (AvgIpc) is 2.87. The Labute approximate surface area is 78.5 Å². The first-order valence-electron chi connectivity index (χ1n) is 4.71. The van der Waals surface area contributed by atoms with Gasteiger partial charge in [-0.1, -0.05) is 0 Å². The molecule has 0 aliphatic heterocycles. The molecule has 2 nitrogen and oxygen atoms in total. The van der Waals surface area contributed by atoms with Crippen LogP contribution in [0.3, 0.4) is 0 Å². The number of nitrogens with one attached hydrogen (secondary N) is 1. The van der Waals surface area contributed by atoms with Gasteiger partial charge in [-0.05, 0) is 37.5 Å². The molecule has 2 aliphatic rings. The van der Waals surface area contributed by atoms with E-state index in [2.05, 4.69) is 17.9 Å². The molecule has 0 aromatic heterocycles. The fourth-order valence-electron chi connectivity index (χ4n) is 1.76. The van der Waals surface area contributed by atoms with Crippen molar-refractivity contribution in [3.63, 3.8) is 0 Å². The summed E-state index contributed by atoms with van der Waals surface area (Å²) in [4.78, 5) is 11.1. The third-order valence-corrected chi connectivity index (χ3v) is 3.02. The van der Waals surface area contributed by atoms with Gasteiger partial charge in [0.1, 0.15) is 0 Å². The number of hydrogen-bond acceptors (Lipinski definition) is 2. The van der Waals surface area contributed by atoms with E-state index in [0.717, 1.165) is 11.8 Å². The number of thiol groups is 1. The smallest absolute Gasteiger partial charge is 0.229 e. The molecule has 68 valence electrons. The Bertz CT molecular complexity index is 175. The second-order valence-electron chi connectivity index (χ2n) is 3.93. The first kappa shape index (κ1) is 8.42. The van der Waals surface area contributed by atoms with Crippen LogP contribution in [-0.2, 0) is 4.79 Å². The van der Waals surface area contributed by atoms with Crippen LogP contribution in [0.5, 0.6) is 0 Å². The van der Waals surface area contributed by atoms with E-state index in [1.54, 1.807) is 0 Å². The fourth-order valence-corrected chi connectivity index (χ4v) is 1.85. The first-order chi connectivity index (χ1) is 5.81. The highest BCUT2D eigenvalue weighted by Gasteiger charge is 2.41. The third-order valence-electron chi connectivity index (χ3n) is 2.73. The van der Waals surface area contributed by atoms with E-state index in [4.69, 9.17) is 0 Å². The van der Waals surface area contributed by atoms with Crippen LogP contribution in [0.1, 0.15) is 25.7 Å². The number of rotatable bonds is 4. The molecule has 1 amide bonds. The van der Waals surface area contributed by atoms with Crippen LogP contribution in [0.25, 0.3) is 0 Å². The molecule has 0 aromatic rings. The Morgan fingerprint density at radius 3 is 2.17 bits per heavy atom. The standard InChI is InChI=1S/C9H15NOS/c11-8(5-12)10-9(6-1-2-6)7-3-4-7/h6-7,9,12H,1-5H2,(H,10,11). The average molecular weight is 185 g/mol. The Hall–Kier alpha value is -0.180. The monoisotopic (exact) mass is 185 g/mol. The predicted octanol–water partition coefficient (Wildman–Crippen LogP) is 1.22. The van der Waals surface area contributed by atoms with E-state index in [1.807, 2.05) is 0 Å². The Balaban J connectivity index is 1.83. The molecule has 0 radical (unpaired) electrons. The van der Waals surface area contributed by atoms with Gasteiger partial charge in [0.05, 0.1) is 5.75 Å². The van der Waals surface area contributed by atoms with Crippen molar-refractivity contribution in [1.29, 1.82) is 0 Å². The van der Waals surface area contributed by atoms with Gasteiger partial charge in [0.15, 0.2) is 0 Å². The number of amides is 1. The molecule has 2 fully saturated rings. The Morgan fingerprint density at radius 1 is 1.33 bits per heavy atom. The third kappa shape index (κ3) is 1.94. The lowest BCUT2D eigenvalue weighted by molar-refractivity contribution is -0.119. The van der Waals surface area contributed by atoms with Crippen molar-refractivity contribution in [2.75, 3.05) is 5.75 Å². The van der Waals surface area contributed by atoms with E-state index >= 15 is 0 Å². The van der Waals surface area contributed by atoms with Crippen LogP contribution in [-0.4, -0.2) is 17.7 Å². The number of carbonyl (C=O) groups excluding carboxylic acids is 1. The molecule has 0 unspecified atom stereocenters. The van der Waals surface area contributed by atoms with Gasteiger partial charge in [-0.25, -0.2) is 0 Å². The predicted molar refractivity (Wildman–Crippen MR) is 51.2 cm³/mol. The molecule has 3 heteroatoms. The summed E-state index contributed by atoms with van der Waals surface area (Å²) in [6.45, 7) is 0. The van der Waals surface area contributed by atoms with Crippen molar-refractivity contribution in [3.8, 4) is 0 Å². The van der Waals surface area contributed by atoms with Crippen molar-refractivity contribution < 1.29 is 4.79 Å². The largest absolute Gasteiger partial charge is 0.352 e. The van der Waals surface area contributed by atoms with Crippen LogP contribution in [0, 0.1) is 11.8 Å². The summed E-state index contributed by atoms with van der Waals surface area (Å²) in [5, 5.41) is 3.08. The normalized spacial score (nSPS) is 22.8. The molecule has 2 rings (SSSR count). The maximum Gasteiger partial charge on any atom is 0.229 e. The molecule has 0 heterocycles. The van der Waals surface area contributed by atoms with E-state index < -0.39 is 0 Å². The summed E-state index contributed by atoms with van der Waals surface area (Å²) < 4.78 is 0. The molecular formula is C9H15NOS. The van der Waals surface area contributed by atoms with Crippen LogP contribution >= 0.6 is 12.6 Å². The van der Waals surface area contributed by atoms with Crippen LogP contribution in [0.15, 0.2) is 0 Å². The SMILES string of the molecule is O=C(CS)NC(C1CC1)C1CC1. The summed E-state index contributed by atoms with van der Waals surface area (Å²) in [6.07, 6.45) is 5.25. The molecule has 0 bridgehead atoms. The molecule has 2 aliphatic carbocycles. The van der Waals surface area contributed by atoms with Gasteiger partial charge in [-0.2, -0.15) is 12.6 Å². The van der Waals surface area contributed by atoms with Crippen LogP contribution < -0.4 is 5.32 Å². The lowest BCUT2D eigenvalue weighted by Crippen LogP contribution is -2.38. The van der Waals surface area contributed by atoms with Gasteiger partial charge in [0, 0.05) is 6.04 Å². The zero-order chi connectivity index (χ0) is 8.55. The van der Waals surface area contributed by atoms with E-state index in [-0.39, 0.29) is 5.91 Å². The topological polar surface area (TPSA) is 29.1 Å². The summed E-state index contributed by atoms with van der Waals surface area (Å²) in [7, 11) is 0. The van der Waals surface area contributed by atoms with Gasteiger partial charge in [-0.15, -0.1) is 0 Å². The molecular weight excluding hydrogens is 170 g/mol. The van der Waals surface area contributed by atoms with Crippen molar-refractivity contribution >= 4 is 18.5 Å². The molecule has 0 spiro atoms. The lowest BCUT2D eigenvalue weighted by atomic mass is 10.1. The van der Waals surface area contributed by atoms with E-state index in [9.17, 15) is 4.79 Å². The van der Waals surface area contributed by atoms with Crippen LogP contribution in [0.4, 0.5) is 0 Å². The van der Waals surface area contributed by atoms with Crippen molar-refractivity contribution in [3.05, 3.63) is 0 Å². The maximum absolute atomic E-state index is 11.1. The quantitative estimate of drug-likeness (QED) is 0.634. The van der Waals surface area contributed by atoms with E-state index in [0.29, 0.717) is 11.8 Å². The molecule has 0 atom stereocenters. The molecule has 1 N–H and O–H groups in total. The minimum absolute atomic E-state index is 0.0992. The fraction of sp³-hybridized carbons (Fsp3) is 0.889. The summed E-state index contributed by atoms with van der Waals surface area (Å²) in [5.74, 6) is 2.01. The van der Waals surface area contributed by atoms with Crippen molar-refractivity contribution in [2.24, 2.45) is 11.8 Å². The maximum atomic E-state index is 11.1. The summed E-state index contributed by atoms with van der Waals surface area (Å²) in [6, 6.07) is 0.490. The number of hydrogen-bond donors (Lipinski definition) is 2. The van der Waals surface area contributed by atoms with E-state index in [1.165, 1.54) is 25.7 Å². The minimum Gasteiger partial charge on any atom is -0.352 e. The molecule has 0 saturated heterocycles. The molecule has 0 aromatic carbocycles. The van der Waals surface area contributed by atoms with Gasteiger partial charge in [0.25, 0.3) is 0 Å². The first-order valence-corrected chi connectivity index (χ1v) is 5.34. The van der Waals surface area contributed by atoms with Crippen LogP contribution in [0.2, 0.25) is 0 Å². The second-order valence-corrected chi connectivity index (χ2v) is 4.24. The molecule has 2 saturated carbocycles. The summed E-state index contributed by atoms with van der Waals surface area (Å²) in [5.41, 5.74) is 0. The second kappa shape index (κ2) is 3.29. The summed E-state index contributed by atoms with van der Waals surface area (Å²) >= 11 is 3.96. The van der Waals surface area contributed by atoms with Gasteiger partial charge < -0.3 is 5.32 Å². The zero-order valence-corrected chi connectivity index (χ0v) is 8.02. The Kier molecular flexibility index (Phi) is 2.31. The van der Waals surface area contributed by atoms with Gasteiger partial charge >= 0.3 is 0 Å².